The molecule has 0 spiro atoms. The number of likely N-dealkylation sites (N-methyl/N-ethyl adjacent to an activating group) is 1. The lowest BCUT2D eigenvalue weighted by Crippen LogP contribution is -2.46. The third-order valence-corrected chi connectivity index (χ3v) is 4.42. The Labute approximate surface area is 122 Å². The maximum Gasteiger partial charge on any atom is 0.335 e. The molecule has 0 bridgehead atoms. The molecule has 1 aromatic rings. The molecule has 1 aliphatic rings. The highest BCUT2D eigenvalue weighted by Crippen LogP contribution is 2.19. The minimum Gasteiger partial charge on any atom is -0.430 e. The van der Waals surface area contributed by atoms with Crippen molar-refractivity contribution in [2.45, 2.75) is 12.5 Å². The van der Waals surface area contributed by atoms with E-state index >= 15 is 0 Å². The number of rotatable bonds is 3. The summed E-state index contributed by atoms with van der Waals surface area (Å²) in [7, 11) is 4.03. The Morgan fingerprint density at radius 3 is 2.95 bits per heavy atom. The van der Waals surface area contributed by atoms with Crippen LogP contribution < -0.4 is 5.63 Å². The van der Waals surface area contributed by atoms with Gasteiger partial charge in [-0.25, -0.2) is 4.79 Å². The second-order valence-electron chi connectivity index (χ2n) is 5.19. The van der Waals surface area contributed by atoms with Gasteiger partial charge in [-0.05, 0) is 32.3 Å². The fourth-order valence-electron chi connectivity index (χ4n) is 2.31. The fraction of sp³-hybridized carbons (Fsp3) is 0.571. The Morgan fingerprint density at radius 2 is 2.30 bits per heavy atom. The van der Waals surface area contributed by atoms with E-state index in [0.717, 1.165) is 31.0 Å². The van der Waals surface area contributed by atoms with Crippen LogP contribution in [0.3, 0.4) is 0 Å². The van der Waals surface area contributed by atoms with E-state index in [9.17, 15) is 9.59 Å². The largest absolute Gasteiger partial charge is 0.430 e. The van der Waals surface area contributed by atoms with Crippen molar-refractivity contribution in [2.24, 2.45) is 0 Å². The van der Waals surface area contributed by atoms with Crippen LogP contribution in [0, 0.1) is 0 Å². The van der Waals surface area contributed by atoms with Gasteiger partial charge >= 0.3 is 5.63 Å². The van der Waals surface area contributed by atoms with Crippen molar-refractivity contribution in [2.75, 3.05) is 38.7 Å². The molecule has 0 N–H and O–H groups in total. The first-order valence-corrected chi connectivity index (χ1v) is 7.85. The number of carbonyl (C=O) groups is 1. The van der Waals surface area contributed by atoms with E-state index in [0.29, 0.717) is 5.56 Å². The van der Waals surface area contributed by atoms with Crippen molar-refractivity contribution >= 4 is 17.7 Å². The summed E-state index contributed by atoms with van der Waals surface area (Å²) in [4.78, 5) is 27.6. The van der Waals surface area contributed by atoms with Gasteiger partial charge in [0.1, 0.15) is 6.26 Å². The SMILES string of the molecule is CN(C)CC1CSCCCN1C(=O)c1ccc(=O)oc1. The smallest absolute Gasteiger partial charge is 0.335 e. The summed E-state index contributed by atoms with van der Waals surface area (Å²) < 4.78 is 4.80. The molecular weight excluding hydrogens is 276 g/mol. The van der Waals surface area contributed by atoms with Gasteiger partial charge < -0.3 is 14.2 Å². The first kappa shape index (κ1) is 15.1. The molecule has 0 radical (unpaired) electrons. The zero-order chi connectivity index (χ0) is 14.5. The third-order valence-electron chi connectivity index (χ3n) is 3.22. The van der Waals surface area contributed by atoms with Crippen LogP contribution in [0.2, 0.25) is 0 Å². The number of carbonyl (C=O) groups excluding carboxylic acids is 1. The zero-order valence-corrected chi connectivity index (χ0v) is 12.7. The highest BCUT2D eigenvalue weighted by Gasteiger charge is 2.27. The molecule has 1 fully saturated rings. The molecular formula is C14H20N2O3S. The molecule has 1 amide bonds. The molecule has 0 saturated carbocycles. The lowest BCUT2D eigenvalue weighted by Gasteiger charge is -2.31. The molecule has 1 saturated heterocycles. The lowest BCUT2D eigenvalue weighted by molar-refractivity contribution is 0.0673. The maximum absolute atomic E-state index is 12.6. The minimum absolute atomic E-state index is 0.0527. The van der Waals surface area contributed by atoms with E-state index in [-0.39, 0.29) is 11.9 Å². The Balaban J connectivity index is 2.18. The first-order chi connectivity index (χ1) is 9.58. The number of nitrogens with zero attached hydrogens (tertiary/aromatic N) is 2. The minimum atomic E-state index is -0.433. The topological polar surface area (TPSA) is 53.8 Å². The van der Waals surface area contributed by atoms with E-state index in [2.05, 4.69) is 4.90 Å². The second kappa shape index (κ2) is 6.95. The van der Waals surface area contributed by atoms with Gasteiger partial charge in [0.2, 0.25) is 0 Å². The van der Waals surface area contributed by atoms with E-state index in [1.165, 1.54) is 12.3 Å². The van der Waals surface area contributed by atoms with Crippen molar-refractivity contribution in [1.29, 1.82) is 0 Å². The van der Waals surface area contributed by atoms with Crippen molar-refractivity contribution in [3.8, 4) is 0 Å². The van der Waals surface area contributed by atoms with Gasteiger partial charge in [0.25, 0.3) is 5.91 Å². The number of hydrogen-bond acceptors (Lipinski definition) is 5. The van der Waals surface area contributed by atoms with Crippen molar-refractivity contribution < 1.29 is 9.21 Å². The Morgan fingerprint density at radius 1 is 1.50 bits per heavy atom. The van der Waals surface area contributed by atoms with Crippen molar-refractivity contribution in [3.63, 3.8) is 0 Å². The molecule has 6 heteroatoms. The predicted molar refractivity (Wildman–Crippen MR) is 80.3 cm³/mol. The average molecular weight is 296 g/mol. The Hall–Kier alpha value is -1.27. The molecule has 0 aromatic carbocycles. The summed E-state index contributed by atoms with van der Waals surface area (Å²) >= 11 is 1.89. The van der Waals surface area contributed by atoms with Crippen molar-refractivity contribution in [1.82, 2.24) is 9.80 Å². The Bertz CT molecular complexity index is 495. The van der Waals surface area contributed by atoms with Gasteiger partial charge in [-0.1, -0.05) is 0 Å². The van der Waals surface area contributed by atoms with Gasteiger partial charge in [0, 0.05) is 24.9 Å². The fourth-order valence-corrected chi connectivity index (χ4v) is 3.37. The summed E-state index contributed by atoms with van der Waals surface area (Å²) in [5.74, 6) is 1.97. The van der Waals surface area contributed by atoms with Gasteiger partial charge in [-0.3, -0.25) is 4.79 Å². The van der Waals surface area contributed by atoms with Crippen LogP contribution in [-0.4, -0.2) is 60.4 Å². The molecule has 1 aromatic heterocycles. The third kappa shape index (κ3) is 3.86. The Kier molecular flexibility index (Phi) is 5.25. The lowest BCUT2D eigenvalue weighted by atomic mass is 10.2. The summed E-state index contributed by atoms with van der Waals surface area (Å²) in [5.41, 5.74) is 0.0121. The normalized spacial score (nSPS) is 19.9. The summed E-state index contributed by atoms with van der Waals surface area (Å²) in [6, 6.07) is 3.02. The van der Waals surface area contributed by atoms with Crippen LogP contribution in [0.15, 0.2) is 27.6 Å². The van der Waals surface area contributed by atoms with Crippen LogP contribution in [0.5, 0.6) is 0 Å². The highest BCUT2D eigenvalue weighted by atomic mass is 32.2. The molecule has 110 valence electrons. The first-order valence-electron chi connectivity index (χ1n) is 6.70. The average Bonchev–Trinajstić information content (AvgIpc) is 2.63. The van der Waals surface area contributed by atoms with Gasteiger partial charge in [0.05, 0.1) is 11.6 Å². The van der Waals surface area contributed by atoms with Crippen LogP contribution >= 0.6 is 11.8 Å². The molecule has 1 unspecified atom stereocenters. The summed E-state index contributed by atoms with van der Waals surface area (Å²) in [6.45, 7) is 1.60. The molecule has 5 nitrogen and oxygen atoms in total. The molecule has 20 heavy (non-hydrogen) atoms. The molecule has 2 rings (SSSR count). The zero-order valence-electron chi connectivity index (χ0n) is 11.9. The summed E-state index contributed by atoms with van der Waals surface area (Å²) in [5, 5.41) is 0. The molecule has 2 heterocycles. The molecule has 1 atom stereocenters. The summed E-state index contributed by atoms with van der Waals surface area (Å²) in [6.07, 6.45) is 2.26. The quantitative estimate of drug-likeness (QED) is 0.837. The highest BCUT2D eigenvalue weighted by molar-refractivity contribution is 7.99. The van der Waals surface area contributed by atoms with Gasteiger partial charge in [-0.2, -0.15) is 11.8 Å². The number of amides is 1. The second-order valence-corrected chi connectivity index (χ2v) is 6.34. The number of hydrogen-bond donors (Lipinski definition) is 0. The van der Waals surface area contributed by atoms with E-state index in [1.54, 1.807) is 6.07 Å². The van der Waals surface area contributed by atoms with Crippen molar-refractivity contribution in [3.05, 3.63) is 34.4 Å². The van der Waals surface area contributed by atoms with E-state index < -0.39 is 5.63 Å². The van der Waals surface area contributed by atoms with Crippen LogP contribution in [0.1, 0.15) is 16.8 Å². The van der Waals surface area contributed by atoms with E-state index in [4.69, 9.17) is 4.42 Å². The monoisotopic (exact) mass is 296 g/mol. The molecule has 1 aliphatic heterocycles. The van der Waals surface area contributed by atoms with E-state index in [1.807, 2.05) is 30.8 Å². The predicted octanol–water partition coefficient (Wildman–Crippen LogP) is 1.15. The van der Waals surface area contributed by atoms with Gasteiger partial charge in [-0.15, -0.1) is 0 Å². The maximum atomic E-state index is 12.6. The molecule has 0 aliphatic carbocycles. The number of thioether (sulfide) groups is 1. The van der Waals surface area contributed by atoms with Crippen LogP contribution in [-0.2, 0) is 0 Å². The van der Waals surface area contributed by atoms with Crippen LogP contribution in [0.25, 0.3) is 0 Å². The van der Waals surface area contributed by atoms with Crippen LogP contribution in [0.4, 0.5) is 0 Å². The van der Waals surface area contributed by atoms with Gasteiger partial charge in [0.15, 0.2) is 0 Å². The standard InChI is InChI=1S/C14H20N2O3S/c1-15(2)8-12-10-20-7-3-6-16(12)14(18)11-4-5-13(17)19-9-11/h4-5,9,12H,3,6-8,10H2,1-2H3.